The van der Waals surface area contributed by atoms with Crippen molar-refractivity contribution >= 4 is 17.7 Å². The third kappa shape index (κ3) is 5.11. The first kappa shape index (κ1) is 18.7. The van der Waals surface area contributed by atoms with Crippen LogP contribution in [-0.2, 0) is 11.3 Å². The van der Waals surface area contributed by atoms with E-state index in [2.05, 4.69) is 0 Å². The molecule has 0 aromatic heterocycles. The van der Waals surface area contributed by atoms with E-state index in [0.717, 1.165) is 17.0 Å². The Kier molecular flexibility index (Phi) is 5.24. The Morgan fingerprint density at radius 2 is 1.78 bits per heavy atom. The maximum atomic E-state index is 13.5. The van der Waals surface area contributed by atoms with Gasteiger partial charge in [0.25, 0.3) is 0 Å². The third-order valence-corrected chi connectivity index (χ3v) is 2.92. The molecular weight excluding hydrogens is 320 g/mol. The monoisotopic (exact) mass is 336 g/mol. The van der Waals surface area contributed by atoms with Gasteiger partial charge in [-0.15, -0.1) is 0 Å². The van der Waals surface area contributed by atoms with E-state index < -0.39 is 35.2 Å². The Hall–Kier alpha value is -2.32. The number of hydrogen-bond acceptors (Lipinski definition) is 2. The number of anilines is 1. The zero-order valence-corrected chi connectivity index (χ0v) is 12.7. The zero-order valence-electron chi connectivity index (χ0n) is 12.7. The number of nitrogens with one attached hydrogen (secondary N) is 1. The summed E-state index contributed by atoms with van der Waals surface area (Å²) in [5.74, 6) is -3.36. The van der Waals surface area contributed by atoms with Crippen LogP contribution in [0.2, 0.25) is 0 Å². The highest BCUT2D eigenvalue weighted by molar-refractivity contribution is 5.95. The van der Waals surface area contributed by atoms with E-state index in [1.54, 1.807) is 20.8 Å². The molecule has 2 N–H and O–H groups in total. The second kappa shape index (κ2) is 6.43. The SMILES string of the molecule is CC(C)(C)N(Cc1ccc(F)c(NC(=O)C(F)(F)F)c1)C(=O)O. The molecule has 0 radical (unpaired) electrons. The molecule has 0 aliphatic rings. The largest absolute Gasteiger partial charge is 0.471 e. The predicted octanol–water partition coefficient (Wildman–Crippen LogP) is 3.61. The second-order valence-electron chi connectivity index (χ2n) is 5.81. The fourth-order valence-electron chi connectivity index (χ4n) is 1.73. The van der Waals surface area contributed by atoms with Crippen LogP contribution in [0.15, 0.2) is 18.2 Å². The van der Waals surface area contributed by atoms with Crippen molar-refractivity contribution < 1.29 is 32.3 Å². The molecule has 1 aromatic rings. The van der Waals surface area contributed by atoms with Crippen LogP contribution in [0.4, 0.5) is 28.0 Å². The Morgan fingerprint density at radius 1 is 1.22 bits per heavy atom. The van der Waals surface area contributed by atoms with Gasteiger partial charge in [0.2, 0.25) is 0 Å². The fraction of sp³-hybridized carbons (Fsp3) is 0.429. The molecule has 0 unspecified atom stereocenters. The molecule has 0 atom stereocenters. The second-order valence-corrected chi connectivity index (χ2v) is 5.81. The molecule has 128 valence electrons. The minimum atomic E-state index is -5.15. The summed E-state index contributed by atoms with van der Waals surface area (Å²) in [4.78, 5) is 23.2. The molecule has 0 spiro atoms. The number of halogens is 4. The number of hydrogen-bond donors (Lipinski definition) is 2. The summed E-state index contributed by atoms with van der Waals surface area (Å²) >= 11 is 0. The van der Waals surface area contributed by atoms with E-state index in [1.165, 1.54) is 11.4 Å². The van der Waals surface area contributed by atoms with Gasteiger partial charge in [-0.3, -0.25) is 9.69 Å². The molecule has 1 rings (SSSR count). The first-order valence-electron chi connectivity index (χ1n) is 6.49. The third-order valence-electron chi connectivity index (χ3n) is 2.92. The van der Waals surface area contributed by atoms with Crippen molar-refractivity contribution in [3.63, 3.8) is 0 Å². The van der Waals surface area contributed by atoms with Crippen LogP contribution in [0, 0.1) is 5.82 Å². The van der Waals surface area contributed by atoms with Gasteiger partial charge in [-0.05, 0) is 38.5 Å². The lowest BCUT2D eigenvalue weighted by molar-refractivity contribution is -0.167. The highest BCUT2D eigenvalue weighted by atomic mass is 19.4. The van der Waals surface area contributed by atoms with E-state index >= 15 is 0 Å². The van der Waals surface area contributed by atoms with Crippen LogP contribution in [-0.4, -0.2) is 33.7 Å². The summed E-state index contributed by atoms with van der Waals surface area (Å²) < 4.78 is 50.2. The van der Waals surface area contributed by atoms with Gasteiger partial charge in [0, 0.05) is 12.1 Å². The zero-order chi connectivity index (χ0) is 18.0. The normalized spacial score (nSPS) is 12.0. The van der Waals surface area contributed by atoms with Crippen molar-refractivity contribution in [1.29, 1.82) is 0 Å². The summed E-state index contributed by atoms with van der Waals surface area (Å²) in [5, 5.41) is 10.6. The molecule has 0 heterocycles. The number of alkyl halides is 3. The molecule has 2 amide bonds. The first-order chi connectivity index (χ1) is 10.3. The van der Waals surface area contributed by atoms with Gasteiger partial charge in [0.05, 0.1) is 5.69 Å². The molecule has 0 saturated heterocycles. The van der Waals surface area contributed by atoms with Crippen molar-refractivity contribution in [3.05, 3.63) is 29.6 Å². The topological polar surface area (TPSA) is 69.6 Å². The summed E-state index contributed by atoms with van der Waals surface area (Å²) in [6, 6.07) is 3.07. The minimum Gasteiger partial charge on any atom is -0.465 e. The lowest BCUT2D eigenvalue weighted by Crippen LogP contribution is -2.44. The molecule has 5 nitrogen and oxygen atoms in total. The summed E-state index contributed by atoms with van der Waals surface area (Å²) in [7, 11) is 0. The van der Waals surface area contributed by atoms with Gasteiger partial charge in [-0.1, -0.05) is 6.07 Å². The summed E-state index contributed by atoms with van der Waals surface area (Å²) in [6.07, 6.45) is -6.39. The van der Waals surface area contributed by atoms with Gasteiger partial charge >= 0.3 is 18.2 Å². The van der Waals surface area contributed by atoms with Crippen molar-refractivity contribution in [2.24, 2.45) is 0 Å². The molecular formula is C14H16F4N2O3. The van der Waals surface area contributed by atoms with Crippen LogP contribution < -0.4 is 5.32 Å². The lowest BCUT2D eigenvalue weighted by atomic mass is 10.0. The van der Waals surface area contributed by atoms with E-state index in [0.29, 0.717) is 0 Å². The Balaban J connectivity index is 3.05. The molecule has 0 saturated carbocycles. The van der Waals surface area contributed by atoms with Crippen LogP contribution >= 0.6 is 0 Å². The van der Waals surface area contributed by atoms with Crippen molar-refractivity contribution in [1.82, 2.24) is 4.90 Å². The van der Waals surface area contributed by atoms with Gasteiger partial charge in [0.15, 0.2) is 0 Å². The standard InChI is InChI=1S/C14H16F4N2O3/c1-13(2,3)20(12(22)23)7-8-4-5-9(15)10(6-8)19-11(21)14(16,17)18/h4-6H,7H2,1-3H3,(H,19,21)(H,22,23). The van der Waals surface area contributed by atoms with Crippen LogP contribution in [0.3, 0.4) is 0 Å². The van der Waals surface area contributed by atoms with E-state index in [1.807, 2.05) is 0 Å². The average Bonchev–Trinajstić information content (AvgIpc) is 2.36. The summed E-state index contributed by atoms with van der Waals surface area (Å²) in [6.45, 7) is 4.74. The first-order valence-corrected chi connectivity index (χ1v) is 6.49. The maximum absolute atomic E-state index is 13.5. The average molecular weight is 336 g/mol. The van der Waals surface area contributed by atoms with E-state index in [9.17, 15) is 32.3 Å². The van der Waals surface area contributed by atoms with Crippen LogP contribution in [0.1, 0.15) is 26.3 Å². The quantitative estimate of drug-likeness (QED) is 0.829. The van der Waals surface area contributed by atoms with E-state index in [-0.39, 0.29) is 12.1 Å². The maximum Gasteiger partial charge on any atom is 0.471 e. The summed E-state index contributed by atoms with van der Waals surface area (Å²) in [5.41, 5.74) is -1.19. The number of carboxylic acid groups (broad SMARTS) is 1. The predicted molar refractivity (Wildman–Crippen MR) is 74.4 cm³/mol. The van der Waals surface area contributed by atoms with Gasteiger partial charge < -0.3 is 10.4 Å². The highest BCUT2D eigenvalue weighted by Gasteiger charge is 2.39. The van der Waals surface area contributed by atoms with Crippen LogP contribution in [0.25, 0.3) is 0 Å². The molecule has 9 heteroatoms. The number of carbonyl (C=O) groups excluding carboxylic acids is 1. The minimum absolute atomic E-state index is 0.173. The molecule has 0 bridgehead atoms. The lowest BCUT2D eigenvalue weighted by Gasteiger charge is -2.33. The van der Waals surface area contributed by atoms with Crippen molar-refractivity contribution in [2.75, 3.05) is 5.32 Å². The molecule has 23 heavy (non-hydrogen) atoms. The number of nitrogens with zero attached hydrogens (tertiary/aromatic N) is 1. The van der Waals surface area contributed by atoms with Gasteiger partial charge in [-0.2, -0.15) is 13.2 Å². The Labute approximate surface area is 129 Å². The van der Waals surface area contributed by atoms with Gasteiger partial charge in [0.1, 0.15) is 5.82 Å². The molecule has 1 aromatic carbocycles. The Bertz CT molecular complexity index is 609. The fourth-order valence-corrected chi connectivity index (χ4v) is 1.73. The van der Waals surface area contributed by atoms with Crippen molar-refractivity contribution in [3.8, 4) is 0 Å². The Morgan fingerprint density at radius 3 is 2.22 bits per heavy atom. The number of amides is 2. The van der Waals surface area contributed by atoms with E-state index in [4.69, 9.17) is 0 Å². The van der Waals surface area contributed by atoms with Gasteiger partial charge in [-0.25, -0.2) is 9.18 Å². The number of carbonyl (C=O) groups is 2. The highest BCUT2D eigenvalue weighted by Crippen LogP contribution is 2.24. The van der Waals surface area contributed by atoms with Crippen LogP contribution in [0.5, 0.6) is 0 Å². The molecule has 0 aliphatic carbocycles. The number of rotatable bonds is 3. The molecule has 0 fully saturated rings. The van der Waals surface area contributed by atoms with Crippen molar-refractivity contribution in [2.45, 2.75) is 39.0 Å². The number of benzene rings is 1. The molecule has 0 aliphatic heterocycles. The smallest absolute Gasteiger partial charge is 0.465 e.